The second-order valence-electron chi connectivity index (χ2n) is 7.50. The topological polar surface area (TPSA) is 110 Å². The summed E-state index contributed by atoms with van der Waals surface area (Å²) >= 11 is 0. The van der Waals surface area contributed by atoms with E-state index in [9.17, 15) is 10.1 Å². The number of hydrogen-bond acceptors (Lipinski definition) is 7. The number of oxime groups is 1. The molecular formula is C27H26N2O6. The summed E-state index contributed by atoms with van der Waals surface area (Å²) in [6.07, 6.45) is -0.241. The fourth-order valence-corrected chi connectivity index (χ4v) is 3.35. The van der Waals surface area contributed by atoms with Gasteiger partial charge in [-0.25, -0.2) is 0 Å². The summed E-state index contributed by atoms with van der Waals surface area (Å²) in [5, 5.41) is 22.2. The second kappa shape index (κ2) is 12.7. The summed E-state index contributed by atoms with van der Waals surface area (Å²) in [7, 11) is 3.05. The average Bonchev–Trinajstić information content (AvgIpc) is 2.89. The van der Waals surface area contributed by atoms with Crippen molar-refractivity contribution in [3.63, 3.8) is 0 Å². The highest BCUT2D eigenvalue weighted by atomic mass is 16.6. The zero-order chi connectivity index (χ0) is 25.0. The largest absolute Gasteiger partial charge is 0.493 e. The van der Waals surface area contributed by atoms with Gasteiger partial charge in [0.1, 0.15) is 31.8 Å². The lowest BCUT2D eigenvalue weighted by Gasteiger charge is -2.14. The average molecular weight is 475 g/mol. The molecule has 0 saturated carbocycles. The highest BCUT2D eigenvalue weighted by molar-refractivity contribution is 6.01. The summed E-state index contributed by atoms with van der Waals surface area (Å²) in [5.41, 5.74) is 3.05. The third-order valence-electron chi connectivity index (χ3n) is 5.12. The van der Waals surface area contributed by atoms with Crippen LogP contribution in [0.4, 0.5) is 0 Å². The first-order chi connectivity index (χ1) is 17.0. The number of ether oxygens (including phenoxy) is 3. The third kappa shape index (κ3) is 7.24. The molecule has 0 spiro atoms. The smallest absolute Gasteiger partial charge is 0.305 e. The maximum atomic E-state index is 10.9. The van der Waals surface area contributed by atoms with E-state index in [1.54, 1.807) is 37.4 Å². The molecule has 0 radical (unpaired) electrons. The molecule has 0 saturated heterocycles. The van der Waals surface area contributed by atoms with Crippen LogP contribution in [0.15, 0.2) is 78.0 Å². The van der Waals surface area contributed by atoms with Gasteiger partial charge in [0, 0.05) is 5.56 Å². The number of nitriles is 1. The summed E-state index contributed by atoms with van der Waals surface area (Å²) in [5.74, 6) is -0.00308. The molecule has 0 amide bonds. The molecule has 3 aromatic carbocycles. The van der Waals surface area contributed by atoms with Crippen molar-refractivity contribution in [1.29, 1.82) is 5.26 Å². The van der Waals surface area contributed by atoms with Crippen LogP contribution in [0.5, 0.6) is 17.2 Å². The van der Waals surface area contributed by atoms with E-state index in [1.165, 1.54) is 7.11 Å². The molecule has 180 valence electrons. The Kier molecular flexibility index (Phi) is 9.08. The fourth-order valence-electron chi connectivity index (χ4n) is 3.35. The van der Waals surface area contributed by atoms with Gasteiger partial charge in [-0.2, -0.15) is 5.26 Å². The van der Waals surface area contributed by atoms with E-state index in [4.69, 9.17) is 24.2 Å². The van der Waals surface area contributed by atoms with Crippen LogP contribution in [0.3, 0.4) is 0 Å². The van der Waals surface area contributed by atoms with E-state index < -0.39 is 11.9 Å². The SMILES string of the molecule is CO/N=C(\COc1ccc(COc2ccc(C(C#N)CC(=O)O)cc2)cc1OC)c1ccccc1. The van der Waals surface area contributed by atoms with Crippen LogP contribution < -0.4 is 14.2 Å². The highest BCUT2D eigenvalue weighted by Gasteiger charge is 2.15. The van der Waals surface area contributed by atoms with Gasteiger partial charge in [-0.1, -0.05) is 53.7 Å². The predicted octanol–water partition coefficient (Wildman–Crippen LogP) is 4.79. The number of carbonyl (C=O) groups is 1. The van der Waals surface area contributed by atoms with E-state index in [1.807, 2.05) is 48.5 Å². The lowest BCUT2D eigenvalue weighted by molar-refractivity contribution is -0.137. The van der Waals surface area contributed by atoms with Gasteiger partial charge in [0.15, 0.2) is 11.5 Å². The minimum absolute atomic E-state index is 0.196. The van der Waals surface area contributed by atoms with Crippen molar-refractivity contribution in [1.82, 2.24) is 0 Å². The van der Waals surface area contributed by atoms with Crippen LogP contribution >= 0.6 is 0 Å². The molecule has 1 unspecified atom stereocenters. The first-order valence-corrected chi connectivity index (χ1v) is 10.8. The molecule has 0 aromatic heterocycles. The lowest BCUT2D eigenvalue weighted by atomic mass is 9.97. The molecule has 0 bridgehead atoms. The van der Waals surface area contributed by atoms with Crippen molar-refractivity contribution < 1.29 is 28.9 Å². The standard InChI is InChI=1S/C27H26N2O6/c1-32-26-14-19(17-34-23-11-9-20(10-12-23)22(16-28)15-27(30)31)8-13-25(26)35-18-24(29-33-2)21-6-4-3-5-7-21/h3-14,22H,15,17-18H2,1-2H3,(H,30,31)/b29-24+. The van der Waals surface area contributed by atoms with Gasteiger partial charge >= 0.3 is 5.97 Å². The van der Waals surface area contributed by atoms with Crippen LogP contribution in [-0.4, -0.2) is 37.6 Å². The van der Waals surface area contributed by atoms with E-state index in [-0.39, 0.29) is 19.6 Å². The summed E-state index contributed by atoms with van der Waals surface area (Å²) < 4.78 is 17.3. The summed E-state index contributed by atoms with van der Waals surface area (Å²) in [4.78, 5) is 15.9. The fraction of sp³-hybridized carbons (Fsp3) is 0.222. The van der Waals surface area contributed by atoms with Crippen molar-refractivity contribution in [2.45, 2.75) is 18.9 Å². The van der Waals surface area contributed by atoms with Crippen LogP contribution in [0.1, 0.15) is 29.0 Å². The van der Waals surface area contributed by atoms with Gasteiger partial charge in [-0.15, -0.1) is 0 Å². The number of aliphatic carboxylic acids is 1. The molecule has 8 heteroatoms. The van der Waals surface area contributed by atoms with Crippen LogP contribution in [0, 0.1) is 11.3 Å². The number of hydrogen-bond donors (Lipinski definition) is 1. The van der Waals surface area contributed by atoms with Gasteiger partial charge in [-0.3, -0.25) is 4.79 Å². The highest BCUT2D eigenvalue weighted by Crippen LogP contribution is 2.29. The zero-order valence-corrected chi connectivity index (χ0v) is 19.5. The predicted molar refractivity (Wildman–Crippen MR) is 130 cm³/mol. The van der Waals surface area contributed by atoms with E-state index in [0.717, 1.165) is 11.1 Å². The van der Waals surface area contributed by atoms with Gasteiger partial charge in [0.2, 0.25) is 0 Å². The molecule has 1 N–H and O–H groups in total. The Hall–Kier alpha value is -4.51. The molecule has 3 rings (SSSR count). The monoisotopic (exact) mass is 474 g/mol. The van der Waals surface area contributed by atoms with Gasteiger partial charge in [-0.05, 0) is 35.4 Å². The Morgan fingerprint density at radius 1 is 1.00 bits per heavy atom. The van der Waals surface area contributed by atoms with Crippen molar-refractivity contribution in [3.05, 3.63) is 89.5 Å². The normalized spacial score (nSPS) is 11.7. The molecule has 0 aliphatic rings. The maximum Gasteiger partial charge on any atom is 0.305 e. The minimum atomic E-state index is -1.01. The van der Waals surface area contributed by atoms with Gasteiger partial charge in [0.05, 0.1) is 25.5 Å². The first kappa shape index (κ1) is 25.1. The lowest BCUT2D eigenvalue weighted by Crippen LogP contribution is -2.14. The van der Waals surface area contributed by atoms with Crippen LogP contribution in [0.2, 0.25) is 0 Å². The van der Waals surface area contributed by atoms with E-state index >= 15 is 0 Å². The molecule has 3 aromatic rings. The zero-order valence-electron chi connectivity index (χ0n) is 19.5. The number of methoxy groups -OCH3 is 1. The molecular weight excluding hydrogens is 448 g/mol. The molecule has 0 aliphatic carbocycles. The molecule has 0 heterocycles. The number of carboxylic acid groups (broad SMARTS) is 1. The minimum Gasteiger partial charge on any atom is -0.493 e. The summed E-state index contributed by atoms with van der Waals surface area (Å²) in [6, 6.07) is 24.0. The van der Waals surface area contributed by atoms with Crippen molar-refractivity contribution in [3.8, 4) is 23.3 Å². The number of benzene rings is 3. The van der Waals surface area contributed by atoms with E-state index in [0.29, 0.717) is 28.5 Å². The molecule has 1 atom stereocenters. The van der Waals surface area contributed by atoms with Crippen molar-refractivity contribution in [2.75, 3.05) is 20.8 Å². The Bertz CT molecular complexity index is 1190. The quantitative estimate of drug-likeness (QED) is 0.297. The Labute approximate surface area is 203 Å². The van der Waals surface area contributed by atoms with Crippen molar-refractivity contribution >= 4 is 11.7 Å². The van der Waals surface area contributed by atoms with Gasteiger partial charge in [0.25, 0.3) is 0 Å². The van der Waals surface area contributed by atoms with Crippen molar-refractivity contribution in [2.24, 2.45) is 5.16 Å². The second-order valence-corrected chi connectivity index (χ2v) is 7.50. The molecule has 8 nitrogen and oxygen atoms in total. The first-order valence-electron chi connectivity index (χ1n) is 10.8. The maximum absolute atomic E-state index is 10.9. The Balaban J connectivity index is 1.62. The van der Waals surface area contributed by atoms with Crippen LogP contribution in [0.25, 0.3) is 0 Å². The number of rotatable bonds is 12. The Morgan fingerprint density at radius 2 is 1.74 bits per heavy atom. The number of carboxylic acids is 1. The number of nitrogens with zero attached hydrogens (tertiary/aromatic N) is 2. The summed E-state index contributed by atoms with van der Waals surface area (Å²) in [6.45, 7) is 0.481. The molecule has 0 fully saturated rings. The van der Waals surface area contributed by atoms with E-state index in [2.05, 4.69) is 5.16 Å². The Morgan fingerprint density at radius 3 is 2.37 bits per heavy atom. The van der Waals surface area contributed by atoms with Gasteiger partial charge < -0.3 is 24.2 Å². The molecule has 35 heavy (non-hydrogen) atoms. The molecule has 0 aliphatic heterocycles. The van der Waals surface area contributed by atoms with Crippen LogP contribution in [-0.2, 0) is 16.2 Å². The third-order valence-corrected chi connectivity index (χ3v) is 5.12.